The minimum atomic E-state index is -3.14. The topological polar surface area (TPSA) is 46.2 Å². The molecular formula is C13H19NO2S. The molecule has 1 heterocycles. The van der Waals surface area contributed by atoms with Crippen LogP contribution < -0.4 is 5.32 Å². The van der Waals surface area contributed by atoms with Gasteiger partial charge < -0.3 is 5.32 Å². The molecule has 0 spiro atoms. The Bertz CT molecular complexity index is 496. The Morgan fingerprint density at radius 1 is 1.24 bits per heavy atom. The van der Waals surface area contributed by atoms with E-state index < -0.39 is 9.84 Å². The zero-order valence-electron chi connectivity index (χ0n) is 10.3. The summed E-state index contributed by atoms with van der Waals surface area (Å²) in [5, 5.41) is 3.05. The van der Waals surface area contributed by atoms with Crippen LogP contribution >= 0.6 is 0 Å². The van der Waals surface area contributed by atoms with Crippen molar-refractivity contribution in [2.24, 2.45) is 0 Å². The molecule has 0 bridgehead atoms. The van der Waals surface area contributed by atoms with Gasteiger partial charge in [-0.15, -0.1) is 0 Å². The number of nitrogens with one attached hydrogen (secondary N) is 1. The lowest BCUT2D eigenvalue weighted by Gasteiger charge is -2.19. The summed E-state index contributed by atoms with van der Waals surface area (Å²) in [6.45, 7) is 4.88. The van der Waals surface area contributed by atoms with Crippen LogP contribution in [-0.4, -0.2) is 20.2 Å². The molecule has 3 nitrogen and oxygen atoms in total. The maximum absolute atomic E-state index is 12.3. The lowest BCUT2D eigenvalue weighted by Crippen LogP contribution is -2.31. The number of sulfone groups is 1. The van der Waals surface area contributed by atoms with Gasteiger partial charge in [-0.2, -0.15) is 0 Å². The molecule has 0 saturated carbocycles. The highest BCUT2D eigenvalue weighted by molar-refractivity contribution is 7.92. The molecule has 17 heavy (non-hydrogen) atoms. The Balaban J connectivity index is 2.45. The van der Waals surface area contributed by atoms with Crippen molar-refractivity contribution in [1.29, 1.82) is 0 Å². The van der Waals surface area contributed by atoms with Crippen LogP contribution in [0.3, 0.4) is 0 Å². The third-order valence-electron chi connectivity index (χ3n) is 3.35. The molecule has 1 aliphatic rings. The van der Waals surface area contributed by atoms with Crippen molar-refractivity contribution in [1.82, 2.24) is 5.32 Å². The number of fused-ring (bicyclic) bond motifs is 1. The third kappa shape index (κ3) is 2.00. The zero-order chi connectivity index (χ0) is 12.5. The quantitative estimate of drug-likeness (QED) is 0.895. The number of rotatable bonds is 4. The van der Waals surface area contributed by atoms with E-state index in [0.717, 1.165) is 18.5 Å². The van der Waals surface area contributed by atoms with Gasteiger partial charge in [0.25, 0.3) is 0 Å². The average molecular weight is 253 g/mol. The Hall–Kier alpha value is -0.870. The summed E-state index contributed by atoms with van der Waals surface area (Å²) in [5.74, 6) is 0. The molecule has 94 valence electrons. The van der Waals surface area contributed by atoms with Gasteiger partial charge in [-0.1, -0.05) is 32.0 Å². The lowest BCUT2D eigenvalue weighted by atomic mass is 10.0. The molecule has 0 saturated heterocycles. The van der Waals surface area contributed by atoms with Gasteiger partial charge in [0.15, 0.2) is 9.84 Å². The zero-order valence-corrected chi connectivity index (χ0v) is 11.1. The first-order chi connectivity index (χ1) is 8.12. The summed E-state index contributed by atoms with van der Waals surface area (Å²) in [6, 6.07) is 7.32. The Labute approximate surface area is 103 Å². The highest BCUT2D eigenvalue weighted by Gasteiger charge is 2.43. The van der Waals surface area contributed by atoms with Crippen LogP contribution in [0.2, 0.25) is 0 Å². The molecular weight excluding hydrogens is 234 g/mol. The summed E-state index contributed by atoms with van der Waals surface area (Å²) in [5.41, 5.74) is 0.938. The highest BCUT2D eigenvalue weighted by Crippen LogP contribution is 2.40. The van der Waals surface area contributed by atoms with Gasteiger partial charge in [-0.05, 0) is 31.0 Å². The second-order valence-corrected chi connectivity index (χ2v) is 6.60. The smallest absolute Gasteiger partial charge is 0.183 e. The van der Waals surface area contributed by atoms with Crippen LogP contribution in [-0.2, 0) is 9.84 Å². The van der Waals surface area contributed by atoms with Gasteiger partial charge in [-0.25, -0.2) is 8.42 Å². The van der Waals surface area contributed by atoms with Crippen LogP contribution in [0.15, 0.2) is 29.2 Å². The Kier molecular flexibility index (Phi) is 3.54. The first-order valence-electron chi connectivity index (χ1n) is 6.19. The van der Waals surface area contributed by atoms with Crippen LogP contribution in [0.1, 0.15) is 38.3 Å². The molecule has 0 fully saturated rings. The van der Waals surface area contributed by atoms with Gasteiger partial charge in [-0.3, -0.25) is 0 Å². The fourth-order valence-electron chi connectivity index (χ4n) is 2.54. The van der Waals surface area contributed by atoms with E-state index in [1.165, 1.54) is 0 Å². The van der Waals surface area contributed by atoms with Gasteiger partial charge in [0.2, 0.25) is 0 Å². The fraction of sp³-hybridized carbons (Fsp3) is 0.538. The molecule has 4 heteroatoms. The molecule has 2 atom stereocenters. The van der Waals surface area contributed by atoms with Crippen molar-refractivity contribution in [3.63, 3.8) is 0 Å². The molecule has 1 N–H and O–H groups in total. The maximum Gasteiger partial charge on any atom is 0.183 e. The van der Waals surface area contributed by atoms with Crippen LogP contribution in [0, 0.1) is 0 Å². The Morgan fingerprint density at radius 2 is 1.94 bits per heavy atom. The van der Waals surface area contributed by atoms with Gasteiger partial charge in [0, 0.05) is 0 Å². The van der Waals surface area contributed by atoms with E-state index in [1.807, 2.05) is 19.1 Å². The molecule has 1 aromatic carbocycles. The summed E-state index contributed by atoms with van der Waals surface area (Å²) >= 11 is 0. The highest BCUT2D eigenvalue weighted by atomic mass is 32.2. The standard InChI is InChI=1S/C13H19NO2S/c1-3-9-14-13-10-7-5-6-8-12(10)17(15,16)11(13)4-2/h5-8,11,13-14H,3-4,9H2,1-2H3. The van der Waals surface area contributed by atoms with Crippen LogP contribution in [0.25, 0.3) is 0 Å². The van der Waals surface area contributed by atoms with Crippen molar-refractivity contribution in [3.05, 3.63) is 29.8 Å². The normalized spacial score (nSPS) is 25.8. The molecule has 2 rings (SSSR count). The number of hydrogen-bond donors (Lipinski definition) is 1. The summed E-state index contributed by atoms with van der Waals surface area (Å²) in [6.07, 6.45) is 1.66. The van der Waals surface area contributed by atoms with Crippen molar-refractivity contribution in [2.75, 3.05) is 6.54 Å². The van der Waals surface area contributed by atoms with Crippen molar-refractivity contribution < 1.29 is 8.42 Å². The van der Waals surface area contributed by atoms with Gasteiger partial charge >= 0.3 is 0 Å². The number of hydrogen-bond acceptors (Lipinski definition) is 3. The second-order valence-electron chi connectivity index (χ2n) is 4.46. The van der Waals surface area contributed by atoms with Gasteiger partial charge in [0.1, 0.15) is 0 Å². The van der Waals surface area contributed by atoms with E-state index in [0.29, 0.717) is 11.3 Å². The molecule has 1 aromatic rings. The van der Waals surface area contributed by atoms with Crippen molar-refractivity contribution in [2.45, 2.75) is 42.9 Å². The lowest BCUT2D eigenvalue weighted by molar-refractivity contribution is 0.493. The van der Waals surface area contributed by atoms with E-state index in [9.17, 15) is 8.42 Å². The maximum atomic E-state index is 12.3. The minimum Gasteiger partial charge on any atom is -0.309 e. The second kappa shape index (κ2) is 4.78. The minimum absolute atomic E-state index is 0.0406. The molecule has 0 amide bonds. The molecule has 0 aliphatic carbocycles. The predicted octanol–water partition coefficient (Wildman–Crippen LogP) is 2.29. The third-order valence-corrected chi connectivity index (χ3v) is 5.74. The SMILES string of the molecule is CCCNC1c2ccccc2S(=O)(=O)C1CC. The van der Waals surface area contributed by atoms with E-state index in [-0.39, 0.29) is 11.3 Å². The molecule has 0 aromatic heterocycles. The fourth-order valence-corrected chi connectivity index (χ4v) is 4.69. The summed E-state index contributed by atoms with van der Waals surface area (Å²) < 4.78 is 24.7. The van der Waals surface area contributed by atoms with E-state index in [2.05, 4.69) is 12.2 Å². The van der Waals surface area contributed by atoms with Gasteiger partial charge in [0.05, 0.1) is 16.2 Å². The van der Waals surface area contributed by atoms with E-state index in [4.69, 9.17) is 0 Å². The summed E-state index contributed by atoms with van der Waals surface area (Å²) in [4.78, 5) is 0.514. The Morgan fingerprint density at radius 3 is 2.59 bits per heavy atom. The first-order valence-corrected chi connectivity index (χ1v) is 7.73. The van der Waals surface area contributed by atoms with Crippen molar-refractivity contribution in [3.8, 4) is 0 Å². The van der Waals surface area contributed by atoms with E-state index in [1.54, 1.807) is 12.1 Å². The van der Waals surface area contributed by atoms with Crippen molar-refractivity contribution >= 4 is 9.84 Å². The molecule has 2 unspecified atom stereocenters. The molecule has 1 aliphatic heterocycles. The summed E-state index contributed by atoms with van der Waals surface area (Å²) in [7, 11) is -3.14. The van der Waals surface area contributed by atoms with Crippen LogP contribution in [0.4, 0.5) is 0 Å². The number of benzene rings is 1. The largest absolute Gasteiger partial charge is 0.309 e. The average Bonchev–Trinajstić information content (AvgIpc) is 2.55. The first kappa shape index (κ1) is 12.6. The van der Waals surface area contributed by atoms with Crippen LogP contribution in [0.5, 0.6) is 0 Å². The molecule has 0 radical (unpaired) electrons. The van der Waals surface area contributed by atoms with E-state index >= 15 is 0 Å². The monoisotopic (exact) mass is 253 g/mol. The predicted molar refractivity (Wildman–Crippen MR) is 68.7 cm³/mol.